The van der Waals surface area contributed by atoms with Gasteiger partial charge < -0.3 is 5.32 Å². The highest BCUT2D eigenvalue weighted by Crippen LogP contribution is 2.28. The SMILES string of the molecule is CCC1CC(NCc2ccccc2)CN(C2CCCCC2)C1. The number of hydrogen-bond donors (Lipinski definition) is 1. The fourth-order valence-corrected chi connectivity index (χ4v) is 4.29. The fourth-order valence-electron chi connectivity index (χ4n) is 4.29. The number of rotatable bonds is 5. The van der Waals surface area contributed by atoms with Crippen LogP contribution in [0, 0.1) is 5.92 Å². The molecule has 0 spiro atoms. The fraction of sp³-hybridized carbons (Fsp3) is 0.700. The van der Waals surface area contributed by atoms with E-state index in [1.807, 2.05) is 0 Å². The minimum atomic E-state index is 0.667. The second-order valence-corrected chi connectivity index (χ2v) is 7.32. The molecule has 0 amide bonds. The zero-order valence-electron chi connectivity index (χ0n) is 14.1. The Morgan fingerprint density at radius 1 is 1.05 bits per heavy atom. The van der Waals surface area contributed by atoms with Crippen molar-refractivity contribution in [2.45, 2.75) is 70.5 Å². The van der Waals surface area contributed by atoms with E-state index >= 15 is 0 Å². The van der Waals surface area contributed by atoms with Crippen LogP contribution in [0.2, 0.25) is 0 Å². The molecular weight excluding hydrogens is 268 g/mol. The summed E-state index contributed by atoms with van der Waals surface area (Å²) in [7, 11) is 0. The zero-order valence-corrected chi connectivity index (χ0v) is 14.1. The van der Waals surface area contributed by atoms with Crippen molar-refractivity contribution in [1.82, 2.24) is 10.2 Å². The summed E-state index contributed by atoms with van der Waals surface area (Å²) in [6.07, 6.45) is 9.89. The number of nitrogens with one attached hydrogen (secondary N) is 1. The van der Waals surface area contributed by atoms with Gasteiger partial charge in [-0.2, -0.15) is 0 Å². The number of hydrogen-bond acceptors (Lipinski definition) is 2. The first kappa shape index (κ1) is 16.0. The highest BCUT2D eigenvalue weighted by molar-refractivity contribution is 5.14. The van der Waals surface area contributed by atoms with Crippen molar-refractivity contribution in [3.63, 3.8) is 0 Å². The van der Waals surface area contributed by atoms with Crippen molar-refractivity contribution in [3.05, 3.63) is 35.9 Å². The van der Waals surface area contributed by atoms with E-state index in [2.05, 4.69) is 47.5 Å². The quantitative estimate of drug-likeness (QED) is 0.876. The van der Waals surface area contributed by atoms with Gasteiger partial charge in [0.1, 0.15) is 0 Å². The van der Waals surface area contributed by atoms with Crippen LogP contribution in [0.15, 0.2) is 30.3 Å². The number of likely N-dealkylation sites (tertiary alicyclic amines) is 1. The lowest BCUT2D eigenvalue weighted by molar-refractivity contribution is 0.0757. The molecular formula is C20H32N2. The van der Waals surface area contributed by atoms with Gasteiger partial charge in [0.15, 0.2) is 0 Å². The molecule has 1 saturated heterocycles. The van der Waals surface area contributed by atoms with Gasteiger partial charge in [0.25, 0.3) is 0 Å². The summed E-state index contributed by atoms with van der Waals surface area (Å²) >= 11 is 0. The normalized spacial score (nSPS) is 27.9. The van der Waals surface area contributed by atoms with Crippen LogP contribution in [0.3, 0.4) is 0 Å². The Labute approximate surface area is 136 Å². The third-order valence-electron chi connectivity index (χ3n) is 5.67. The molecule has 0 bridgehead atoms. The minimum Gasteiger partial charge on any atom is -0.309 e. The molecule has 2 aliphatic rings. The molecule has 122 valence electrons. The van der Waals surface area contributed by atoms with Crippen LogP contribution in [0.5, 0.6) is 0 Å². The van der Waals surface area contributed by atoms with Crippen molar-refractivity contribution in [3.8, 4) is 0 Å². The molecule has 1 heterocycles. The molecule has 2 fully saturated rings. The molecule has 2 atom stereocenters. The highest BCUT2D eigenvalue weighted by Gasteiger charge is 2.30. The van der Waals surface area contributed by atoms with Gasteiger partial charge in [-0.1, -0.05) is 62.9 Å². The average molecular weight is 300 g/mol. The van der Waals surface area contributed by atoms with Crippen LogP contribution < -0.4 is 5.32 Å². The van der Waals surface area contributed by atoms with E-state index in [1.54, 1.807) is 0 Å². The second kappa shape index (κ2) is 8.12. The van der Waals surface area contributed by atoms with E-state index in [-0.39, 0.29) is 0 Å². The standard InChI is InChI=1S/C20H32N2/c1-2-17-13-19(21-14-18-9-5-3-6-10-18)16-22(15-17)20-11-7-4-8-12-20/h3,5-6,9-10,17,19-21H,2,4,7-8,11-16H2,1H3. The third-order valence-corrected chi connectivity index (χ3v) is 5.67. The Balaban J connectivity index is 1.55. The maximum absolute atomic E-state index is 3.83. The topological polar surface area (TPSA) is 15.3 Å². The van der Waals surface area contributed by atoms with Crippen molar-refractivity contribution in [2.75, 3.05) is 13.1 Å². The molecule has 0 aromatic heterocycles. The van der Waals surface area contributed by atoms with Gasteiger partial charge >= 0.3 is 0 Å². The maximum atomic E-state index is 3.83. The summed E-state index contributed by atoms with van der Waals surface area (Å²) in [5, 5.41) is 3.83. The van der Waals surface area contributed by atoms with E-state index in [0.29, 0.717) is 6.04 Å². The molecule has 2 heteroatoms. The third kappa shape index (κ3) is 4.33. The van der Waals surface area contributed by atoms with Gasteiger partial charge in [-0.05, 0) is 30.7 Å². The summed E-state index contributed by atoms with van der Waals surface area (Å²) in [6.45, 7) is 5.97. The van der Waals surface area contributed by atoms with E-state index in [0.717, 1.165) is 18.5 Å². The van der Waals surface area contributed by atoms with Crippen molar-refractivity contribution >= 4 is 0 Å². The molecule has 2 nitrogen and oxygen atoms in total. The van der Waals surface area contributed by atoms with Crippen LogP contribution >= 0.6 is 0 Å². The van der Waals surface area contributed by atoms with Crippen LogP contribution in [-0.4, -0.2) is 30.1 Å². The molecule has 1 aromatic carbocycles. The number of nitrogens with zero attached hydrogens (tertiary/aromatic N) is 1. The van der Waals surface area contributed by atoms with E-state index < -0.39 is 0 Å². The van der Waals surface area contributed by atoms with Crippen molar-refractivity contribution in [1.29, 1.82) is 0 Å². The first-order chi connectivity index (χ1) is 10.8. The first-order valence-corrected chi connectivity index (χ1v) is 9.36. The summed E-state index contributed by atoms with van der Waals surface area (Å²) in [5.74, 6) is 0.879. The molecule has 3 rings (SSSR count). The molecule has 0 radical (unpaired) electrons. The predicted molar refractivity (Wildman–Crippen MR) is 93.9 cm³/mol. The van der Waals surface area contributed by atoms with Crippen molar-refractivity contribution < 1.29 is 0 Å². The first-order valence-electron chi connectivity index (χ1n) is 9.36. The number of benzene rings is 1. The Bertz CT molecular complexity index is 425. The van der Waals surface area contributed by atoms with Crippen LogP contribution in [0.4, 0.5) is 0 Å². The second-order valence-electron chi connectivity index (χ2n) is 7.32. The van der Waals surface area contributed by atoms with Crippen LogP contribution in [-0.2, 0) is 6.54 Å². The van der Waals surface area contributed by atoms with E-state index in [9.17, 15) is 0 Å². The lowest BCUT2D eigenvalue weighted by Gasteiger charge is -2.43. The summed E-state index contributed by atoms with van der Waals surface area (Å²) in [4.78, 5) is 2.82. The average Bonchev–Trinajstić information content (AvgIpc) is 2.61. The minimum absolute atomic E-state index is 0.667. The summed E-state index contributed by atoms with van der Waals surface area (Å²) in [5.41, 5.74) is 1.41. The molecule has 1 aromatic rings. The van der Waals surface area contributed by atoms with Crippen molar-refractivity contribution in [2.24, 2.45) is 5.92 Å². The molecule has 22 heavy (non-hydrogen) atoms. The number of piperidine rings is 1. The highest BCUT2D eigenvalue weighted by atomic mass is 15.2. The lowest BCUT2D eigenvalue weighted by Crippen LogP contribution is -2.52. The van der Waals surface area contributed by atoms with Gasteiger partial charge in [-0.3, -0.25) is 4.90 Å². The molecule has 1 aliphatic heterocycles. The molecule has 2 unspecified atom stereocenters. The molecule has 1 N–H and O–H groups in total. The zero-order chi connectivity index (χ0) is 15.2. The molecule has 1 saturated carbocycles. The van der Waals surface area contributed by atoms with E-state index in [1.165, 1.54) is 63.6 Å². The monoisotopic (exact) mass is 300 g/mol. The van der Waals surface area contributed by atoms with Gasteiger partial charge in [0, 0.05) is 31.7 Å². The summed E-state index contributed by atoms with van der Waals surface area (Å²) < 4.78 is 0. The van der Waals surface area contributed by atoms with Gasteiger partial charge in [0.05, 0.1) is 0 Å². The Morgan fingerprint density at radius 3 is 2.55 bits per heavy atom. The molecule has 1 aliphatic carbocycles. The van der Waals surface area contributed by atoms with Crippen LogP contribution in [0.25, 0.3) is 0 Å². The van der Waals surface area contributed by atoms with Gasteiger partial charge in [0.2, 0.25) is 0 Å². The predicted octanol–water partition coefficient (Wildman–Crippen LogP) is 4.21. The van der Waals surface area contributed by atoms with Crippen LogP contribution in [0.1, 0.15) is 57.4 Å². The van der Waals surface area contributed by atoms with E-state index in [4.69, 9.17) is 0 Å². The smallest absolute Gasteiger partial charge is 0.0208 e. The van der Waals surface area contributed by atoms with Gasteiger partial charge in [-0.25, -0.2) is 0 Å². The van der Waals surface area contributed by atoms with Gasteiger partial charge in [-0.15, -0.1) is 0 Å². The lowest BCUT2D eigenvalue weighted by atomic mass is 9.87. The Morgan fingerprint density at radius 2 is 1.82 bits per heavy atom. The summed E-state index contributed by atoms with van der Waals surface area (Å²) in [6, 6.07) is 12.4. The Kier molecular flexibility index (Phi) is 5.91. The largest absolute Gasteiger partial charge is 0.309 e. The maximum Gasteiger partial charge on any atom is 0.0208 e. The Hall–Kier alpha value is -0.860.